The van der Waals surface area contributed by atoms with Crippen LogP contribution in [0.3, 0.4) is 0 Å². The predicted octanol–water partition coefficient (Wildman–Crippen LogP) is 7.93. The zero-order valence-electron chi connectivity index (χ0n) is 29.1. The van der Waals surface area contributed by atoms with Crippen molar-refractivity contribution in [3.8, 4) is 29.0 Å². The van der Waals surface area contributed by atoms with E-state index in [4.69, 9.17) is 20.2 Å². The average molecular weight is 745 g/mol. The highest BCUT2D eigenvalue weighted by Gasteiger charge is 2.49. The number of nitrogens with one attached hydrogen (secondary N) is 1. The number of fused-ring (bicyclic) bond motifs is 2. The van der Waals surface area contributed by atoms with Gasteiger partial charge in [-0.3, -0.25) is 4.90 Å². The Balaban J connectivity index is 1.40. The van der Waals surface area contributed by atoms with Gasteiger partial charge in [-0.15, -0.1) is 11.3 Å². The molecule has 0 aliphatic carbocycles. The lowest BCUT2D eigenvalue weighted by Crippen LogP contribution is -2.43. The van der Waals surface area contributed by atoms with Crippen LogP contribution in [0.4, 0.5) is 34.2 Å². The molecule has 5 aromatic rings. The van der Waals surface area contributed by atoms with E-state index in [-0.39, 0.29) is 86.4 Å². The van der Waals surface area contributed by atoms with Crippen LogP contribution in [-0.2, 0) is 0 Å². The number of nitriles is 1. The first kappa shape index (κ1) is 34.9. The average Bonchev–Trinajstić information content (AvgIpc) is 3.75. The molecular weight excluding hydrogens is 709 g/mol. The van der Waals surface area contributed by atoms with Crippen molar-refractivity contribution in [3.63, 3.8) is 0 Å². The second-order valence-corrected chi connectivity index (χ2v) is 14.7. The molecule has 10 nitrogen and oxygen atoms in total. The molecule has 274 valence electrons. The summed E-state index contributed by atoms with van der Waals surface area (Å²) in [6.07, 6.45) is 2.50. The smallest absolute Gasteiger partial charge is 0.319 e. The summed E-state index contributed by atoms with van der Waals surface area (Å²) in [5.74, 6) is -2.18. The topological polar surface area (TPSA) is 125 Å². The van der Waals surface area contributed by atoms with Gasteiger partial charge in [0.1, 0.15) is 65.0 Å². The molecule has 3 atom stereocenters. The molecule has 53 heavy (non-hydrogen) atoms. The Morgan fingerprint density at radius 1 is 1.26 bits per heavy atom. The van der Waals surface area contributed by atoms with E-state index < -0.39 is 35.2 Å². The van der Waals surface area contributed by atoms with Gasteiger partial charge in [0.2, 0.25) is 0 Å². The van der Waals surface area contributed by atoms with E-state index in [1.165, 1.54) is 6.07 Å². The molecule has 0 radical (unpaired) electrons. The van der Waals surface area contributed by atoms with Gasteiger partial charge >= 0.3 is 6.01 Å². The SMILES string of the molecule is C=C(F)c1c(-c2ccc(F)c3sc(NCC)c(C#N)c23)c(F)c2nc(OC[C@@]34CCCN3C[C@H](F)C4)nc3c2c1OCCN3[C@H](C)c1cccnc1N. The molecule has 0 unspecified atom stereocenters. The van der Waals surface area contributed by atoms with Gasteiger partial charge in [0, 0.05) is 42.2 Å². The Bertz CT molecular complexity index is 2350. The molecule has 2 aromatic carbocycles. The van der Waals surface area contributed by atoms with Gasteiger partial charge < -0.3 is 25.4 Å². The highest BCUT2D eigenvalue weighted by atomic mass is 32.1. The first-order valence-corrected chi connectivity index (χ1v) is 18.3. The van der Waals surface area contributed by atoms with Crippen molar-refractivity contribution >= 4 is 54.8 Å². The summed E-state index contributed by atoms with van der Waals surface area (Å²) >= 11 is 1.01. The van der Waals surface area contributed by atoms with Crippen molar-refractivity contribution in [2.75, 3.05) is 55.3 Å². The van der Waals surface area contributed by atoms with Crippen LogP contribution in [0.2, 0.25) is 0 Å². The maximum Gasteiger partial charge on any atom is 0.319 e. The maximum atomic E-state index is 17.6. The minimum atomic E-state index is -1.01. The van der Waals surface area contributed by atoms with Crippen LogP contribution in [0.5, 0.6) is 11.8 Å². The van der Waals surface area contributed by atoms with Crippen LogP contribution >= 0.6 is 11.3 Å². The fraction of sp³-hybridized carbons (Fsp3) is 0.368. The molecule has 3 N–H and O–H groups in total. The number of benzene rings is 2. The standard InChI is InChI=1S/C38H36F4N8O2S/c1-4-45-36-24(16-43)27-23(8-9-25(41)33(27)53-36)28-26(19(2)39)32-29-31(30(28)42)47-37(52-18-38-10-6-12-49(38)17-21(40)15-38)48-35(29)50(13-14-51-32)20(3)22-7-5-11-46-34(22)44/h5,7-9,11,20-21,45H,2,4,6,10,12-15,17-18H2,1,3H3,(H2,44,46)/t20-,21-,38+/m1/s1. The minimum absolute atomic E-state index is 0.0127. The maximum absolute atomic E-state index is 17.6. The monoisotopic (exact) mass is 744 g/mol. The molecule has 2 saturated heterocycles. The van der Waals surface area contributed by atoms with Gasteiger partial charge in [-0.1, -0.05) is 18.7 Å². The molecule has 3 aliphatic rings. The number of halogens is 4. The molecule has 0 bridgehead atoms. The summed E-state index contributed by atoms with van der Waals surface area (Å²) in [5, 5.41) is 13.9. The molecule has 0 amide bonds. The predicted molar refractivity (Wildman–Crippen MR) is 198 cm³/mol. The van der Waals surface area contributed by atoms with Crippen LogP contribution in [0, 0.1) is 23.0 Å². The summed E-state index contributed by atoms with van der Waals surface area (Å²) in [6, 6.07) is 7.55. The number of alkyl halides is 1. The number of aromatic nitrogens is 3. The first-order valence-electron chi connectivity index (χ1n) is 17.5. The fourth-order valence-corrected chi connectivity index (χ4v) is 9.44. The Labute approximate surface area is 306 Å². The number of thiophene rings is 1. The number of ether oxygens (including phenoxy) is 2. The molecule has 8 rings (SSSR count). The summed E-state index contributed by atoms with van der Waals surface area (Å²) in [7, 11) is 0. The summed E-state index contributed by atoms with van der Waals surface area (Å²) in [5.41, 5.74) is 5.73. The third kappa shape index (κ3) is 5.58. The number of nitrogens with zero attached hydrogens (tertiary/aromatic N) is 6. The summed E-state index contributed by atoms with van der Waals surface area (Å²) in [6.45, 7) is 9.09. The number of nitrogen functional groups attached to an aromatic ring is 1. The van der Waals surface area contributed by atoms with Gasteiger partial charge in [-0.2, -0.15) is 15.2 Å². The zero-order valence-corrected chi connectivity index (χ0v) is 29.9. The second kappa shape index (κ2) is 13.3. The number of hydrogen-bond donors (Lipinski definition) is 2. The van der Waals surface area contributed by atoms with Crippen molar-refractivity contribution in [1.82, 2.24) is 19.9 Å². The van der Waals surface area contributed by atoms with Gasteiger partial charge in [-0.05, 0) is 50.9 Å². The van der Waals surface area contributed by atoms with E-state index >= 15 is 13.2 Å². The number of rotatable bonds is 9. The van der Waals surface area contributed by atoms with Gasteiger partial charge in [0.25, 0.3) is 0 Å². The lowest BCUT2D eigenvalue weighted by Gasteiger charge is -2.32. The first-order chi connectivity index (χ1) is 25.6. The Morgan fingerprint density at radius 2 is 2.09 bits per heavy atom. The highest BCUT2D eigenvalue weighted by molar-refractivity contribution is 7.23. The van der Waals surface area contributed by atoms with E-state index in [0.29, 0.717) is 30.1 Å². The van der Waals surface area contributed by atoms with Crippen molar-refractivity contribution in [3.05, 3.63) is 65.4 Å². The van der Waals surface area contributed by atoms with Crippen LogP contribution in [0.25, 0.3) is 37.9 Å². The highest BCUT2D eigenvalue weighted by Crippen LogP contribution is 2.52. The third-order valence-corrected chi connectivity index (χ3v) is 11.8. The summed E-state index contributed by atoms with van der Waals surface area (Å²) in [4.78, 5) is 17.6. The van der Waals surface area contributed by atoms with Crippen molar-refractivity contribution in [1.29, 1.82) is 5.26 Å². The van der Waals surface area contributed by atoms with Gasteiger partial charge in [0.05, 0.1) is 39.3 Å². The summed E-state index contributed by atoms with van der Waals surface area (Å²) < 4.78 is 76.4. The number of pyridine rings is 1. The van der Waals surface area contributed by atoms with Crippen LogP contribution in [-0.4, -0.2) is 71.0 Å². The van der Waals surface area contributed by atoms with E-state index in [1.807, 2.05) is 24.8 Å². The van der Waals surface area contributed by atoms with E-state index in [1.54, 1.807) is 12.3 Å². The molecular formula is C38H36F4N8O2S. The largest absolute Gasteiger partial charge is 0.490 e. The van der Waals surface area contributed by atoms with Crippen LogP contribution < -0.4 is 25.4 Å². The van der Waals surface area contributed by atoms with E-state index in [2.05, 4.69) is 32.8 Å². The van der Waals surface area contributed by atoms with Crippen molar-refractivity contribution < 1.29 is 27.0 Å². The molecule has 3 aromatic heterocycles. The zero-order chi connectivity index (χ0) is 37.2. The Kier molecular flexibility index (Phi) is 8.77. The van der Waals surface area contributed by atoms with Gasteiger partial charge in [-0.25, -0.2) is 22.5 Å². The van der Waals surface area contributed by atoms with E-state index in [9.17, 15) is 9.65 Å². The quantitative estimate of drug-likeness (QED) is 0.144. The number of nitrogens with two attached hydrogens (primary N) is 1. The number of hydrogen-bond acceptors (Lipinski definition) is 11. The van der Waals surface area contributed by atoms with Crippen LogP contribution in [0.1, 0.15) is 55.8 Å². The fourth-order valence-electron chi connectivity index (χ4n) is 8.29. The normalized spacial score (nSPS) is 20.2. The minimum Gasteiger partial charge on any atom is -0.490 e. The molecule has 15 heteroatoms. The molecule has 3 aliphatic heterocycles. The van der Waals surface area contributed by atoms with Crippen molar-refractivity contribution in [2.45, 2.75) is 50.9 Å². The lowest BCUT2D eigenvalue weighted by atomic mass is 9.91. The van der Waals surface area contributed by atoms with Crippen LogP contribution in [0.15, 0.2) is 37.0 Å². The third-order valence-electron chi connectivity index (χ3n) is 10.7. The molecule has 0 spiro atoms. The lowest BCUT2D eigenvalue weighted by molar-refractivity contribution is 0.107. The molecule has 6 heterocycles. The Hall–Kier alpha value is -5.20. The molecule has 2 fully saturated rings. The number of anilines is 3. The van der Waals surface area contributed by atoms with Crippen molar-refractivity contribution in [2.24, 2.45) is 0 Å². The Morgan fingerprint density at radius 3 is 2.85 bits per heavy atom. The second-order valence-electron chi connectivity index (χ2n) is 13.7. The molecule has 0 saturated carbocycles. The van der Waals surface area contributed by atoms with E-state index in [0.717, 1.165) is 36.8 Å². The van der Waals surface area contributed by atoms with Gasteiger partial charge in [0.15, 0.2) is 5.82 Å².